The average Bonchev–Trinajstić information content (AvgIpc) is 2.51. The molecular weight excluding hydrogens is 286 g/mol. The second kappa shape index (κ2) is 3.84. The number of nitrogens with zero attached hydrogens (tertiary/aromatic N) is 2. The van der Waals surface area contributed by atoms with Crippen molar-refractivity contribution in [2.75, 3.05) is 5.73 Å². The SMILES string of the molecule is Nc1nc(-c2ccc(Cl)cc2Br)ns1. The Hall–Kier alpha value is -0.650. The minimum absolute atomic E-state index is 0.460. The predicted octanol–water partition coefficient (Wildman–Crippen LogP) is 3.20. The molecule has 1 aromatic carbocycles. The summed E-state index contributed by atoms with van der Waals surface area (Å²) in [4.78, 5) is 4.08. The van der Waals surface area contributed by atoms with Gasteiger partial charge < -0.3 is 5.73 Å². The van der Waals surface area contributed by atoms with Gasteiger partial charge in [-0.25, -0.2) is 0 Å². The molecule has 0 aliphatic heterocycles. The highest BCUT2D eigenvalue weighted by Gasteiger charge is 2.08. The smallest absolute Gasteiger partial charge is 0.200 e. The second-order valence-corrected chi connectivity index (χ2v) is 4.65. The van der Waals surface area contributed by atoms with E-state index < -0.39 is 0 Å². The first kappa shape index (κ1) is 9.89. The Balaban J connectivity index is 2.52. The van der Waals surface area contributed by atoms with Gasteiger partial charge in [0.05, 0.1) is 0 Å². The first-order valence-electron chi connectivity index (χ1n) is 3.71. The molecule has 0 saturated carbocycles. The van der Waals surface area contributed by atoms with Crippen LogP contribution in [0.25, 0.3) is 11.4 Å². The van der Waals surface area contributed by atoms with Gasteiger partial charge in [-0.2, -0.15) is 9.36 Å². The van der Waals surface area contributed by atoms with Crippen molar-refractivity contribution in [2.45, 2.75) is 0 Å². The molecule has 14 heavy (non-hydrogen) atoms. The van der Waals surface area contributed by atoms with Gasteiger partial charge in [0, 0.05) is 26.6 Å². The monoisotopic (exact) mass is 289 g/mol. The van der Waals surface area contributed by atoms with Gasteiger partial charge in [-0.1, -0.05) is 11.6 Å². The molecule has 0 aliphatic carbocycles. The van der Waals surface area contributed by atoms with E-state index >= 15 is 0 Å². The molecule has 2 N–H and O–H groups in total. The van der Waals surface area contributed by atoms with Crippen LogP contribution in [0.5, 0.6) is 0 Å². The van der Waals surface area contributed by atoms with Gasteiger partial charge in [0.2, 0.25) is 0 Å². The molecule has 0 atom stereocenters. The van der Waals surface area contributed by atoms with Gasteiger partial charge in [-0.05, 0) is 34.1 Å². The summed E-state index contributed by atoms with van der Waals surface area (Å²) in [6.07, 6.45) is 0. The van der Waals surface area contributed by atoms with Crippen LogP contribution in [0.2, 0.25) is 5.02 Å². The van der Waals surface area contributed by atoms with E-state index in [2.05, 4.69) is 25.3 Å². The van der Waals surface area contributed by atoms with Gasteiger partial charge >= 0.3 is 0 Å². The summed E-state index contributed by atoms with van der Waals surface area (Å²) in [6.45, 7) is 0. The van der Waals surface area contributed by atoms with Gasteiger partial charge in [-0.15, -0.1) is 0 Å². The van der Waals surface area contributed by atoms with E-state index in [0.717, 1.165) is 10.0 Å². The van der Waals surface area contributed by atoms with E-state index in [1.807, 2.05) is 6.07 Å². The molecule has 2 rings (SSSR count). The zero-order valence-electron chi connectivity index (χ0n) is 6.87. The Labute approximate surface area is 98.2 Å². The van der Waals surface area contributed by atoms with Crippen molar-refractivity contribution in [3.8, 4) is 11.4 Å². The number of nitrogens with two attached hydrogens (primary N) is 1. The van der Waals surface area contributed by atoms with Crippen LogP contribution in [-0.4, -0.2) is 9.36 Å². The highest BCUT2D eigenvalue weighted by Crippen LogP contribution is 2.29. The third-order valence-corrected chi connectivity index (χ3v) is 3.05. The first-order valence-corrected chi connectivity index (χ1v) is 5.66. The highest BCUT2D eigenvalue weighted by molar-refractivity contribution is 9.10. The summed E-state index contributed by atoms with van der Waals surface area (Å²) >= 11 is 10.4. The van der Waals surface area contributed by atoms with Crippen LogP contribution in [0.4, 0.5) is 5.13 Å². The molecule has 0 amide bonds. The number of benzene rings is 1. The summed E-state index contributed by atoms with van der Waals surface area (Å²) in [5, 5.41) is 1.13. The summed E-state index contributed by atoms with van der Waals surface area (Å²) in [5.74, 6) is 0.621. The lowest BCUT2D eigenvalue weighted by Gasteiger charge is -1.99. The van der Waals surface area contributed by atoms with Crippen LogP contribution in [0, 0.1) is 0 Å². The predicted molar refractivity (Wildman–Crippen MR) is 62.5 cm³/mol. The quantitative estimate of drug-likeness (QED) is 0.877. The van der Waals surface area contributed by atoms with Crippen LogP contribution in [0.15, 0.2) is 22.7 Å². The van der Waals surface area contributed by atoms with Crippen LogP contribution >= 0.6 is 39.1 Å². The number of rotatable bonds is 1. The van der Waals surface area contributed by atoms with E-state index in [4.69, 9.17) is 17.3 Å². The number of nitrogen functional groups attached to an aromatic ring is 1. The molecule has 2 aromatic rings. The fourth-order valence-corrected chi connectivity index (χ4v) is 2.32. The largest absolute Gasteiger partial charge is 0.374 e. The van der Waals surface area contributed by atoms with Gasteiger partial charge in [0.25, 0.3) is 0 Å². The summed E-state index contributed by atoms with van der Waals surface area (Å²) < 4.78 is 4.97. The molecule has 0 bridgehead atoms. The Bertz CT molecular complexity index is 471. The lowest BCUT2D eigenvalue weighted by atomic mass is 10.2. The Morgan fingerprint density at radius 1 is 1.43 bits per heavy atom. The van der Waals surface area contributed by atoms with Gasteiger partial charge in [0.15, 0.2) is 11.0 Å². The van der Waals surface area contributed by atoms with Crippen LogP contribution in [0.3, 0.4) is 0 Å². The van der Waals surface area contributed by atoms with E-state index in [-0.39, 0.29) is 0 Å². The number of hydrogen-bond donors (Lipinski definition) is 1. The van der Waals surface area contributed by atoms with Gasteiger partial charge in [-0.3, -0.25) is 0 Å². The number of hydrogen-bond acceptors (Lipinski definition) is 4. The third-order valence-electron chi connectivity index (χ3n) is 1.61. The maximum Gasteiger partial charge on any atom is 0.200 e. The van der Waals surface area contributed by atoms with E-state index in [1.54, 1.807) is 12.1 Å². The van der Waals surface area contributed by atoms with Gasteiger partial charge in [0.1, 0.15) is 0 Å². The van der Waals surface area contributed by atoms with E-state index in [0.29, 0.717) is 16.0 Å². The minimum atomic E-state index is 0.460. The standard InChI is InChI=1S/C8H5BrClN3S/c9-6-3-4(10)1-2-5(6)7-12-8(11)14-13-7/h1-3H,(H2,11,12,13). The molecule has 72 valence electrons. The molecule has 0 unspecified atom stereocenters. The summed E-state index contributed by atoms with van der Waals surface area (Å²) in [6, 6.07) is 5.45. The molecule has 1 aromatic heterocycles. The molecule has 0 aliphatic rings. The Kier molecular flexibility index (Phi) is 2.71. The van der Waals surface area contributed by atoms with Crippen molar-refractivity contribution in [3.63, 3.8) is 0 Å². The van der Waals surface area contributed by atoms with Crippen molar-refractivity contribution >= 4 is 44.2 Å². The summed E-state index contributed by atoms with van der Waals surface area (Å²) in [7, 11) is 0. The fourth-order valence-electron chi connectivity index (χ4n) is 1.02. The lowest BCUT2D eigenvalue weighted by Crippen LogP contribution is -1.84. The van der Waals surface area contributed by atoms with Crippen molar-refractivity contribution < 1.29 is 0 Å². The Morgan fingerprint density at radius 2 is 2.21 bits per heavy atom. The molecule has 1 heterocycles. The lowest BCUT2D eigenvalue weighted by molar-refractivity contribution is 1.32. The molecule has 0 fully saturated rings. The van der Waals surface area contributed by atoms with Crippen molar-refractivity contribution in [1.29, 1.82) is 0 Å². The van der Waals surface area contributed by atoms with Crippen molar-refractivity contribution in [3.05, 3.63) is 27.7 Å². The maximum absolute atomic E-state index is 5.82. The fraction of sp³-hybridized carbons (Fsp3) is 0. The zero-order chi connectivity index (χ0) is 10.1. The van der Waals surface area contributed by atoms with Crippen molar-refractivity contribution in [2.24, 2.45) is 0 Å². The molecule has 0 saturated heterocycles. The third kappa shape index (κ3) is 1.89. The van der Waals surface area contributed by atoms with E-state index in [9.17, 15) is 0 Å². The molecule has 0 radical (unpaired) electrons. The molecule has 6 heteroatoms. The minimum Gasteiger partial charge on any atom is -0.374 e. The number of halogens is 2. The second-order valence-electron chi connectivity index (χ2n) is 2.58. The van der Waals surface area contributed by atoms with Crippen LogP contribution < -0.4 is 5.73 Å². The van der Waals surface area contributed by atoms with E-state index in [1.165, 1.54) is 11.5 Å². The number of anilines is 1. The maximum atomic E-state index is 5.82. The Morgan fingerprint density at radius 3 is 2.79 bits per heavy atom. The first-order chi connectivity index (χ1) is 6.66. The normalized spacial score (nSPS) is 10.4. The average molecular weight is 291 g/mol. The highest BCUT2D eigenvalue weighted by atomic mass is 79.9. The topological polar surface area (TPSA) is 51.8 Å². The molecule has 0 spiro atoms. The summed E-state index contributed by atoms with van der Waals surface area (Å²) in [5.41, 5.74) is 6.39. The van der Waals surface area contributed by atoms with Crippen molar-refractivity contribution in [1.82, 2.24) is 9.36 Å². The molecule has 3 nitrogen and oxygen atoms in total. The van der Waals surface area contributed by atoms with Crippen LogP contribution in [0.1, 0.15) is 0 Å². The van der Waals surface area contributed by atoms with Crippen LogP contribution in [-0.2, 0) is 0 Å². The zero-order valence-corrected chi connectivity index (χ0v) is 10.0. The molecular formula is C8H5BrClN3S. The number of aromatic nitrogens is 2.